The van der Waals surface area contributed by atoms with Crippen LogP contribution in [-0.2, 0) is 0 Å². The summed E-state index contributed by atoms with van der Waals surface area (Å²) in [5, 5.41) is 0. The van der Waals surface area contributed by atoms with E-state index in [2.05, 4.69) is 32.6 Å². The molecule has 2 heteroatoms. The third-order valence-corrected chi connectivity index (χ3v) is 4.00. The van der Waals surface area contributed by atoms with Gasteiger partial charge in [0.15, 0.2) is 0 Å². The Kier molecular flexibility index (Phi) is 5.26. The lowest BCUT2D eigenvalue weighted by Crippen LogP contribution is -2.50. The quantitative estimate of drug-likeness (QED) is 0.781. The Morgan fingerprint density at radius 3 is 2.56 bits per heavy atom. The van der Waals surface area contributed by atoms with Crippen molar-refractivity contribution >= 4 is 0 Å². The average molecular weight is 226 g/mol. The zero-order valence-electron chi connectivity index (χ0n) is 11.6. The SMILES string of the molecule is CC(C)CCN1CCC(CCN)CC1(C)C. The Labute approximate surface area is 102 Å². The summed E-state index contributed by atoms with van der Waals surface area (Å²) < 4.78 is 0. The average Bonchev–Trinajstić information content (AvgIpc) is 2.15. The van der Waals surface area contributed by atoms with Gasteiger partial charge in [-0.1, -0.05) is 13.8 Å². The van der Waals surface area contributed by atoms with Crippen LogP contribution in [0.4, 0.5) is 0 Å². The van der Waals surface area contributed by atoms with Gasteiger partial charge in [0, 0.05) is 5.54 Å². The van der Waals surface area contributed by atoms with E-state index in [9.17, 15) is 0 Å². The first-order chi connectivity index (χ1) is 7.45. The second-order valence-corrected chi connectivity index (χ2v) is 6.42. The molecule has 1 saturated heterocycles. The third kappa shape index (κ3) is 4.06. The Balaban J connectivity index is 2.43. The molecule has 2 N–H and O–H groups in total. The lowest BCUT2D eigenvalue weighted by molar-refractivity contribution is 0.0412. The number of nitrogens with zero attached hydrogens (tertiary/aromatic N) is 1. The normalized spacial score (nSPS) is 26.2. The smallest absolute Gasteiger partial charge is 0.0155 e. The molecular formula is C14H30N2. The molecule has 96 valence electrons. The van der Waals surface area contributed by atoms with Gasteiger partial charge in [0.2, 0.25) is 0 Å². The number of likely N-dealkylation sites (tertiary alicyclic amines) is 1. The molecule has 1 aliphatic heterocycles. The molecule has 1 unspecified atom stereocenters. The molecule has 1 rings (SSSR count). The fourth-order valence-electron chi connectivity index (χ4n) is 2.89. The zero-order valence-corrected chi connectivity index (χ0v) is 11.6. The van der Waals surface area contributed by atoms with Gasteiger partial charge in [0.05, 0.1) is 0 Å². The Bertz CT molecular complexity index is 199. The van der Waals surface area contributed by atoms with Gasteiger partial charge in [-0.15, -0.1) is 0 Å². The highest BCUT2D eigenvalue weighted by Crippen LogP contribution is 2.33. The summed E-state index contributed by atoms with van der Waals surface area (Å²) in [6, 6.07) is 0. The number of rotatable bonds is 5. The van der Waals surface area contributed by atoms with Crippen molar-refractivity contribution in [3.05, 3.63) is 0 Å². The predicted octanol–water partition coefficient (Wildman–Crippen LogP) is 2.87. The van der Waals surface area contributed by atoms with Gasteiger partial charge in [-0.25, -0.2) is 0 Å². The Morgan fingerprint density at radius 1 is 1.38 bits per heavy atom. The summed E-state index contributed by atoms with van der Waals surface area (Å²) in [4.78, 5) is 2.68. The van der Waals surface area contributed by atoms with Crippen LogP contribution in [0.5, 0.6) is 0 Å². The standard InChI is InChI=1S/C14H30N2/c1-12(2)6-9-16-10-7-13(5-8-15)11-14(16,3)4/h12-13H,5-11,15H2,1-4H3. The van der Waals surface area contributed by atoms with Gasteiger partial charge in [-0.3, -0.25) is 4.90 Å². The molecule has 0 amide bonds. The first-order valence-electron chi connectivity index (χ1n) is 6.91. The summed E-state index contributed by atoms with van der Waals surface area (Å²) in [5.41, 5.74) is 6.05. The van der Waals surface area contributed by atoms with Gasteiger partial charge < -0.3 is 5.73 Å². The van der Waals surface area contributed by atoms with Crippen molar-refractivity contribution in [2.24, 2.45) is 17.6 Å². The van der Waals surface area contributed by atoms with Crippen LogP contribution in [0.1, 0.15) is 53.4 Å². The molecule has 0 radical (unpaired) electrons. The monoisotopic (exact) mass is 226 g/mol. The molecule has 0 aliphatic carbocycles. The van der Waals surface area contributed by atoms with E-state index in [0.29, 0.717) is 5.54 Å². The summed E-state index contributed by atoms with van der Waals surface area (Å²) in [6.07, 6.45) is 5.20. The summed E-state index contributed by atoms with van der Waals surface area (Å²) in [5.74, 6) is 1.67. The molecular weight excluding hydrogens is 196 g/mol. The highest BCUT2D eigenvalue weighted by Gasteiger charge is 2.33. The fraction of sp³-hybridized carbons (Fsp3) is 1.00. The van der Waals surface area contributed by atoms with Crippen LogP contribution in [0.25, 0.3) is 0 Å². The highest BCUT2D eigenvalue weighted by molar-refractivity contribution is 4.89. The lowest BCUT2D eigenvalue weighted by atomic mass is 9.81. The van der Waals surface area contributed by atoms with Crippen molar-refractivity contribution in [3.8, 4) is 0 Å². The summed E-state index contributed by atoms with van der Waals surface area (Å²) >= 11 is 0. The van der Waals surface area contributed by atoms with Gasteiger partial charge in [0.25, 0.3) is 0 Å². The minimum Gasteiger partial charge on any atom is -0.330 e. The molecule has 0 aromatic heterocycles. The van der Waals surface area contributed by atoms with E-state index >= 15 is 0 Å². The van der Waals surface area contributed by atoms with E-state index < -0.39 is 0 Å². The van der Waals surface area contributed by atoms with Crippen LogP contribution >= 0.6 is 0 Å². The van der Waals surface area contributed by atoms with Crippen molar-refractivity contribution in [2.45, 2.75) is 58.9 Å². The van der Waals surface area contributed by atoms with Gasteiger partial charge >= 0.3 is 0 Å². The maximum atomic E-state index is 5.67. The minimum atomic E-state index is 0.382. The molecule has 0 aromatic rings. The summed E-state index contributed by atoms with van der Waals surface area (Å²) in [6.45, 7) is 12.8. The van der Waals surface area contributed by atoms with E-state index in [0.717, 1.165) is 18.4 Å². The van der Waals surface area contributed by atoms with Gasteiger partial charge in [-0.2, -0.15) is 0 Å². The lowest BCUT2D eigenvalue weighted by Gasteiger charge is -2.46. The van der Waals surface area contributed by atoms with Crippen LogP contribution in [-0.4, -0.2) is 30.1 Å². The van der Waals surface area contributed by atoms with E-state index in [1.165, 1.54) is 38.8 Å². The number of piperidine rings is 1. The van der Waals surface area contributed by atoms with Crippen LogP contribution in [0.2, 0.25) is 0 Å². The van der Waals surface area contributed by atoms with Crippen molar-refractivity contribution in [1.29, 1.82) is 0 Å². The van der Waals surface area contributed by atoms with Crippen molar-refractivity contribution < 1.29 is 0 Å². The zero-order chi connectivity index (χ0) is 12.2. The van der Waals surface area contributed by atoms with Crippen LogP contribution in [0, 0.1) is 11.8 Å². The van der Waals surface area contributed by atoms with Gasteiger partial charge in [0.1, 0.15) is 0 Å². The topological polar surface area (TPSA) is 29.3 Å². The molecule has 2 nitrogen and oxygen atoms in total. The Hall–Kier alpha value is -0.0800. The molecule has 0 bridgehead atoms. The minimum absolute atomic E-state index is 0.382. The first-order valence-corrected chi connectivity index (χ1v) is 6.91. The van der Waals surface area contributed by atoms with Crippen molar-refractivity contribution in [1.82, 2.24) is 4.90 Å². The second-order valence-electron chi connectivity index (χ2n) is 6.42. The molecule has 1 aliphatic rings. The molecule has 0 spiro atoms. The molecule has 16 heavy (non-hydrogen) atoms. The predicted molar refractivity (Wildman–Crippen MR) is 71.5 cm³/mol. The number of nitrogens with two attached hydrogens (primary N) is 1. The molecule has 0 saturated carbocycles. The van der Waals surface area contributed by atoms with E-state index in [4.69, 9.17) is 5.73 Å². The van der Waals surface area contributed by atoms with Crippen molar-refractivity contribution in [3.63, 3.8) is 0 Å². The molecule has 1 fully saturated rings. The largest absolute Gasteiger partial charge is 0.330 e. The first kappa shape index (κ1) is 14.0. The highest BCUT2D eigenvalue weighted by atomic mass is 15.2. The second kappa shape index (κ2) is 6.02. The molecule has 0 aromatic carbocycles. The maximum Gasteiger partial charge on any atom is 0.0155 e. The Morgan fingerprint density at radius 2 is 2.06 bits per heavy atom. The summed E-state index contributed by atoms with van der Waals surface area (Å²) in [7, 11) is 0. The number of hydrogen-bond donors (Lipinski definition) is 1. The number of hydrogen-bond acceptors (Lipinski definition) is 2. The van der Waals surface area contributed by atoms with Crippen molar-refractivity contribution in [2.75, 3.05) is 19.6 Å². The van der Waals surface area contributed by atoms with E-state index in [1.807, 2.05) is 0 Å². The molecule has 1 atom stereocenters. The third-order valence-electron chi connectivity index (χ3n) is 4.00. The van der Waals surface area contributed by atoms with Crippen LogP contribution in [0.15, 0.2) is 0 Å². The van der Waals surface area contributed by atoms with E-state index in [-0.39, 0.29) is 0 Å². The molecule has 1 heterocycles. The fourth-order valence-corrected chi connectivity index (χ4v) is 2.89. The van der Waals surface area contributed by atoms with Gasteiger partial charge in [-0.05, 0) is 71.0 Å². The van der Waals surface area contributed by atoms with Crippen LogP contribution in [0.3, 0.4) is 0 Å². The van der Waals surface area contributed by atoms with E-state index in [1.54, 1.807) is 0 Å². The maximum absolute atomic E-state index is 5.67. The van der Waals surface area contributed by atoms with Crippen LogP contribution < -0.4 is 5.73 Å².